The van der Waals surface area contributed by atoms with Crippen LogP contribution in [0.4, 0.5) is 0 Å². The summed E-state index contributed by atoms with van der Waals surface area (Å²) in [6.07, 6.45) is 2.44. The zero-order chi connectivity index (χ0) is 19.1. The minimum Gasteiger partial charge on any atom is -0.454 e. The highest BCUT2D eigenvalue weighted by Crippen LogP contribution is 2.32. The molecule has 0 bridgehead atoms. The first-order valence-electron chi connectivity index (χ1n) is 9.71. The number of piperidine rings is 1. The molecule has 8 heteroatoms. The lowest BCUT2D eigenvalue weighted by molar-refractivity contribution is 0.120. The number of aliphatic imine (C=N–C) groups is 1. The highest BCUT2D eigenvalue weighted by Gasteiger charge is 2.20. The Morgan fingerprint density at radius 3 is 2.75 bits per heavy atom. The Bertz CT molecular complexity index is 636. The van der Waals surface area contributed by atoms with Crippen LogP contribution in [0, 0.1) is 5.92 Å². The normalized spacial score (nSPS) is 17.3. The summed E-state index contributed by atoms with van der Waals surface area (Å²) in [7, 11) is 5.67. The molecular weight excluding hydrogens is 471 g/mol. The Labute approximate surface area is 185 Å². The van der Waals surface area contributed by atoms with Gasteiger partial charge in [0.15, 0.2) is 17.5 Å². The number of likely N-dealkylation sites (tertiary alicyclic amines) is 1. The van der Waals surface area contributed by atoms with E-state index in [9.17, 15) is 0 Å². The van der Waals surface area contributed by atoms with E-state index in [4.69, 9.17) is 14.2 Å². The minimum absolute atomic E-state index is 0. The van der Waals surface area contributed by atoms with Gasteiger partial charge in [0.2, 0.25) is 6.79 Å². The largest absolute Gasteiger partial charge is 0.454 e. The lowest BCUT2D eigenvalue weighted by Gasteiger charge is -2.32. The monoisotopic (exact) mass is 504 g/mol. The van der Waals surface area contributed by atoms with Crippen molar-refractivity contribution in [1.29, 1.82) is 0 Å². The minimum atomic E-state index is 0. The number of rotatable bonds is 7. The van der Waals surface area contributed by atoms with Gasteiger partial charge >= 0.3 is 0 Å². The summed E-state index contributed by atoms with van der Waals surface area (Å²) < 4.78 is 16.0. The van der Waals surface area contributed by atoms with Crippen molar-refractivity contribution in [3.05, 3.63) is 23.8 Å². The molecule has 1 saturated heterocycles. The maximum Gasteiger partial charge on any atom is 0.231 e. The lowest BCUT2D eigenvalue weighted by atomic mass is 9.97. The lowest BCUT2D eigenvalue weighted by Crippen LogP contribution is -2.43. The number of nitrogens with zero attached hydrogens (tertiary/aromatic N) is 3. The average Bonchev–Trinajstić information content (AvgIpc) is 3.15. The molecular formula is C20H33IN4O3. The van der Waals surface area contributed by atoms with Gasteiger partial charge in [-0.2, -0.15) is 0 Å². The van der Waals surface area contributed by atoms with Crippen molar-refractivity contribution in [3.63, 3.8) is 0 Å². The van der Waals surface area contributed by atoms with Gasteiger partial charge in [-0.05, 0) is 49.5 Å². The second kappa shape index (κ2) is 11.7. The van der Waals surface area contributed by atoms with E-state index in [-0.39, 0.29) is 24.0 Å². The third-order valence-corrected chi connectivity index (χ3v) is 5.30. The standard InChI is InChI=1S/C20H32N4O3.HI/c1-21-20(22-13-16-6-8-24(9-7-16)10-11-25-3)23(2)14-17-4-5-18-19(12-17)27-15-26-18;/h4-5,12,16H,6-11,13-15H2,1-3H3,(H,21,22);1H. The van der Waals surface area contributed by atoms with Gasteiger partial charge in [0, 0.05) is 40.8 Å². The number of halogens is 1. The van der Waals surface area contributed by atoms with Crippen LogP contribution in [0.15, 0.2) is 23.2 Å². The third kappa shape index (κ3) is 6.38. The summed E-state index contributed by atoms with van der Waals surface area (Å²) in [6, 6.07) is 6.09. The Morgan fingerprint density at radius 2 is 2.04 bits per heavy atom. The molecule has 2 aliphatic heterocycles. The van der Waals surface area contributed by atoms with Crippen molar-refractivity contribution in [2.45, 2.75) is 19.4 Å². The molecule has 3 rings (SSSR count). The number of hydrogen-bond donors (Lipinski definition) is 1. The molecule has 1 fully saturated rings. The van der Waals surface area contributed by atoms with E-state index < -0.39 is 0 Å². The van der Waals surface area contributed by atoms with Gasteiger partial charge in [-0.25, -0.2) is 0 Å². The Morgan fingerprint density at radius 1 is 1.29 bits per heavy atom. The van der Waals surface area contributed by atoms with Crippen LogP contribution in [0.2, 0.25) is 0 Å². The zero-order valence-electron chi connectivity index (χ0n) is 17.1. The topological polar surface area (TPSA) is 58.6 Å². The van der Waals surface area contributed by atoms with Crippen molar-refractivity contribution in [2.24, 2.45) is 10.9 Å². The molecule has 0 aromatic heterocycles. The van der Waals surface area contributed by atoms with Gasteiger partial charge in [0.25, 0.3) is 0 Å². The summed E-state index contributed by atoms with van der Waals surface area (Å²) in [5, 5.41) is 3.55. The van der Waals surface area contributed by atoms with Crippen molar-refractivity contribution in [3.8, 4) is 11.5 Å². The molecule has 0 unspecified atom stereocenters. The summed E-state index contributed by atoms with van der Waals surface area (Å²) >= 11 is 0. The fraction of sp³-hybridized carbons (Fsp3) is 0.650. The summed E-state index contributed by atoms with van der Waals surface area (Å²) in [5.41, 5.74) is 1.18. The molecule has 2 heterocycles. The maximum absolute atomic E-state index is 5.47. The summed E-state index contributed by atoms with van der Waals surface area (Å²) in [6.45, 7) is 6.21. The van der Waals surface area contributed by atoms with E-state index in [2.05, 4.69) is 33.2 Å². The first-order valence-corrected chi connectivity index (χ1v) is 9.71. The van der Waals surface area contributed by atoms with E-state index in [0.717, 1.165) is 56.8 Å². The quantitative estimate of drug-likeness (QED) is 0.350. The second-order valence-electron chi connectivity index (χ2n) is 7.25. The van der Waals surface area contributed by atoms with Gasteiger partial charge < -0.3 is 29.3 Å². The van der Waals surface area contributed by atoms with E-state index in [1.165, 1.54) is 18.4 Å². The molecule has 158 valence electrons. The highest BCUT2D eigenvalue weighted by molar-refractivity contribution is 14.0. The Balaban J connectivity index is 0.00000280. The molecule has 0 radical (unpaired) electrons. The van der Waals surface area contributed by atoms with Crippen LogP contribution in [-0.4, -0.2) is 76.5 Å². The zero-order valence-corrected chi connectivity index (χ0v) is 19.5. The fourth-order valence-electron chi connectivity index (χ4n) is 3.64. The van der Waals surface area contributed by atoms with Crippen LogP contribution >= 0.6 is 24.0 Å². The molecule has 1 N–H and O–H groups in total. The van der Waals surface area contributed by atoms with Crippen molar-refractivity contribution >= 4 is 29.9 Å². The van der Waals surface area contributed by atoms with Gasteiger partial charge in [0.05, 0.1) is 6.61 Å². The molecule has 0 aliphatic carbocycles. The predicted octanol–water partition coefficient (Wildman–Crippen LogP) is 2.40. The fourth-order valence-corrected chi connectivity index (χ4v) is 3.64. The van der Waals surface area contributed by atoms with Gasteiger partial charge in [-0.1, -0.05) is 6.07 Å². The molecule has 0 atom stereocenters. The van der Waals surface area contributed by atoms with E-state index in [1.54, 1.807) is 7.11 Å². The summed E-state index contributed by atoms with van der Waals surface area (Å²) in [5.74, 6) is 3.26. The molecule has 1 aromatic carbocycles. The van der Waals surface area contributed by atoms with Crippen LogP contribution in [-0.2, 0) is 11.3 Å². The van der Waals surface area contributed by atoms with Crippen LogP contribution in [0.3, 0.4) is 0 Å². The highest BCUT2D eigenvalue weighted by atomic mass is 127. The molecule has 1 aromatic rings. The SMILES string of the molecule is CN=C(NCC1CCN(CCOC)CC1)N(C)Cc1ccc2c(c1)OCO2.I. The smallest absolute Gasteiger partial charge is 0.231 e. The molecule has 7 nitrogen and oxygen atoms in total. The van der Waals surface area contributed by atoms with Crippen LogP contribution in [0.1, 0.15) is 18.4 Å². The van der Waals surface area contributed by atoms with Crippen molar-refractivity contribution < 1.29 is 14.2 Å². The Kier molecular flexibility index (Phi) is 9.60. The Hall–Kier alpha value is -1.26. The van der Waals surface area contributed by atoms with Crippen LogP contribution in [0.25, 0.3) is 0 Å². The number of fused-ring (bicyclic) bond motifs is 1. The molecule has 0 amide bonds. The second-order valence-corrected chi connectivity index (χ2v) is 7.25. The first-order chi connectivity index (χ1) is 13.2. The first kappa shape index (κ1) is 23.0. The van der Waals surface area contributed by atoms with Gasteiger partial charge in [-0.3, -0.25) is 4.99 Å². The van der Waals surface area contributed by atoms with E-state index >= 15 is 0 Å². The molecule has 2 aliphatic rings. The van der Waals surface area contributed by atoms with Crippen molar-refractivity contribution in [1.82, 2.24) is 15.1 Å². The van der Waals surface area contributed by atoms with Gasteiger partial charge in [0.1, 0.15) is 0 Å². The van der Waals surface area contributed by atoms with Crippen LogP contribution < -0.4 is 14.8 Å². The molecule has 28 heavy (non-hydrogen) atoms. The number of benzene rings is 1. The number of ether oxygens (including phenoxy) is 3. The van der Waals surface area contributed by atoms with Crippen LogP contribution in [0.5, 0.6) is 11.5 Å². The van der Waals surface area contributed by atoms with Crippen molar-refractivity contribution in [2.75, 3.05) is 60.8 Å². The van der Waals surface area contributed by atoms with Gasteiger partial charge in [-0.15, -0.1) is 24.0 Å². The molecule has 0 spiro atoms. The average molecular weight is 504 g/mol. The predicted molar refractivity (Wildman–Crippen MR) is 122 cm³/mol. The number of guanidine groups is 1. The summed E-state index contributed by atoms with van der Waals surface area (Å²) in [4.78, 5) is 9.08. The number of nitrogens with one attached hydrogen (secondary N) is 1. The maximum atomic E-state index is 5.47. The van der Waals surface area contributed by atoms with E-state index in [0.29, 0.717) is 12.7 Å². The number of hydrogen-bond acceptors (Lipinski definition) is 5. The third-order valence-electron chi connectivity index (χ3n) is 5.30. The van der Waals surface area contributed by atoms with E-state index in [1.807, 2.05) is 19.2 Å². The number of methoxy groups -OCH3 is 1. The molecule has 0 saturated carbocycles.